The Morgan fingerprint density at radius 2 is 2.23 bits per heavy atom. The first kappa shape index (κ1) is 7.17. The number of carboxylic acids is 1. The number of carbonyl (C=O) groups excluding carboxylic acids is 1. The minimum atomic E-state index is -2.65. The lowest BCUT2D eigenvalue weighted by Gasteiger charge is -2.20. The van der Waals surface area contributed by atoms with Gasteiger partial charge in [-0.3, -0.25) is 4.79 Å². The second kappa shape index (κ2) is 4.11. The van der Waals surface area contributed by atoms with Crippen LogP contribution in [0.1, 0.15) is 30.4 Å². The van der Waals surface area contributed by atoms with Crippen LogP contribution in [0, 0.1) is 0 Å². The number of carboxylic acid groups (broad SMARTS) is 1. The van der Waals surface area contributed by atoms with Crippen LogP contribution in [-0.2, 0) is 9.53 Å². The van der Waals surface area contributed by atoms with E-state index in [-0.39, 0.29) is 5.31 Å². The van der Waals surface area contributed by atoms with Gasteiger partial charge < -0.3 is 15.2 Å². The Hall–Kier alpha value is -1.26. The Morgan fingerprint density at radius 3 is 2.54 bits per heavy atom. The topological polar surface area (TPSA) is 75.6 Å². The Balaban J connectivity index is 4.84. The van der Waals surface area contributed by atoms with Gasteiger partial charge in [0.25, 0.3) is 0 Å². The second-order valence-electron chi connectivity index (χ2n) is 3.34. The summed E-state index contributed by atoms with van der Waals surface area (Å²) in [5.74, 6) is -1.75. The van der Waals surface area contributed by atoms with E-state index in [4.69, 9.17) is 14.0 Å². The number of ether oxygens (including phenoxy) is 1. The van der Waals surface area contributed by atoms with E-state index in [2.05, 4.69) is 0 Å². The summed E-state index contributed by atoms with van der Waals surface area (Å²) in [7, 11) is 0. The van der Waals surface area contributed by atoms with Gasteiger partial charge >= 0.3 is 12.1 Å². The van der Waals surface area contributed by atoms with Gasteiger partial charge in [0.2, 0.25) is 0 Å². The number of amides is 1. The minimum Gasteiger partial charge on any atom is -0.480 e. The van der Waals surface area contributed by atoms with Crippen molar-refractivity contribution in [3.63, 3.8) is 0 Å². The number of hydrogen-bond donors (Lipinski definition) is 2. The van der Waals surface area contributed by atoms with Crippen molar-refractivity contribution in [2.45, 2.75) is 39.3 Å². The minimum absolute atomic E-state index is 0.145. The lowest BCUT2D eigenvalue weighted by molar-refractivity contribution is -0.139. The molecule has 0 spiro atoms. The molecule has 1 amide bonds. The number of carbonyl (C=O) groups is 2. The fraction of sp³-hybridized carbons (Fsp3) is 0.750. The normalized spacial score (nSPS) is 18.8. The van der Waals surface area contributed by atoms with Crippen LogP contribution in [0.4, 0.5) is 4.79 Å². The molecule has 0 saturated carbocycles. The largest absolute Gasteiger partial charge is 0.480 e. The molecule has 0 aromatic rings. The zero-order chi connectivity index (χ0) is 13.1. The lowest BCUT2D eigenvalue weighted by Crippen LogP contribution is -2.41. The molecule has 0 aromatic heterocycles. The van der Waals surface area contributed by atoms with E-state index in [0.29, 0.717) is 0 Å². The molecule has 0 bridgehead atoms. The highest BCUT2D eigenvalue weighted by atomic mass is 16.6. The van der Waals surface area contributed by atoms with Gasteiger partial charge in [0, 0.05) is 1.37 Å². The van der Waals surface area contributed by atoms with E-state index in [1.54, 1.807) is 20.8 Å². The third kappa shape index (κ3) is 5.95. The van der Waals surface area contributed by atoms with Crippen molar-refractivity contribution in [1.82, 2.24) is 5.31 Å². The summed E-state index contributed by atoms with van der Waals surface area (Å²) >= 11 is 0. The summed E-state index contributed by atoms with van der Waals surface area (Å²) in [4.78, 5) is 22.0. The molecule has 0 aliphatic heterocycles. The summed E-state index contributed by atoms with van der Waals surface area (Å²) < 4.78 is 26.2. The van der Waals surface area contributed by atoms with Crippen LogP contribution in [-0.4, -0.2) is 28.8 Å². The molecule has 0 fully saturated rings. The number of alkyl carbamates (subject to hydrolysis) is 1. The average molecular weight is 192 g/mol. The first-order chi connectivity index (χ1) is 7.04. The van der Waals surface area contributed by atoms with E-state index in [0.717, 1.165) is 0 Å². The highest BCUT2D eigenvalue weighted by Gasteiger charge is 2.20. The van der Waals surface area contributed by atoms with Gasteiger partial charge in [0.15, 0.2) is 1.41 Å². The Labute approximate surface area is 81.3 Å². The molecule has 0 heterocycles. The molecule has 0 saturated heterocycles. The fourth-order valence-corrected chi connectivity index (χ4v) is 0.443. The quantitative estimate of drug-likeness (QED) is 0.684. The van der Waals surface area contributed by atoms with Gasteiger partial charge in [0.1, 0.15) is 11.6 Å². The molecule has 1 atom stereocenters. The van der Waals surface area contributed by atoms with Crippen molar-refractivity contribution in [1.29, 1.82) is 0 Å². The van der Waals surface area contributed by atoms with Crippen LogP contribution in [0.3, 0.4) is 0 Å². The second-order valence-corrected chi connectivity index (χ2v) is 3.34. The zero-order valence-corrected chi connectivity index (χ0v) is 7.83. The SMILES string of the molecule is [2H]CC([2H])(C(=O)O)N([2H])C(=O)OC(C)(C)C. The number of rotatable bonds is 2. The lowest BCUT2D eigenvalue weighted by atomic mass is 10.2. The Kier molecular flexibility index (Phi) is 2.27. The van der Waals surface area contributed by atoms with E-state index in [9.17, 15) is 9.59 Å². The van der Waals surface area contributed by atoms with E-state index in [1.165, 1.54) is 0 Å². The van der Waals surface area contributed by atoms with E-state index < -0.39 is 30.6 Å². The number of aliphatic carboxylic acids is 1. The van der Waals surface area contributed by atoms with Gasteiger partial charge in [-0.05, 0) is 27.7 Å². The highest BCUT2D eigenvalue weighted by molar-refractivity contribution is 5.79. The molecule has 76 valence electrons. The molecule has 5 nitrogen and oxygen atoms in total. The van der Waals surface area contributed by atoms with Gasteiger partial charge in [0.05, 0.1) is 1.37 Å². The number of hydrogen-bond acceptors (Lipinski definition) is 3. The van der Waals surface area contributed by atoms with Crippen LogP contribution < -0.4 is 5.31 Å². The molecule has 0 radical (unpaired) electrons. The third-order valence-electron chi connectivity index (χ3n) is 0.867. The van der Waals surface area contributed by atoms with Crippen molar-refractivity contribution in [2.24, 2.45) is 0 Å². The molecular formula is C8H15NO4. The monoisotopic (exact) mass is 192 g/mol. The van der Waals surface area contributed by atoms with Crippen LogP contribution in [0.15, 0.2) is 0 Å². The van der Waals surface area contributed by atoms with E-state index >= 15 is 0 Å². The maximum Gasteiger partial charge on any atom is 0.408 e. The van der Waals surface area contributed by atoms with E-state index in [1.807, 2.05) is 0 Å². The number of nitrogens with one attached hydrogen (secondary N) is 1. The smallest absolute Gasteiger partial charge is 0.408 e. The fourth-order valence-electron chi connectivity index (χ4n) is 0.443. The summed E-state index contributed by atoms with van der Waals surface area (Å²) in [6, 6.07) is -2.65. The molecular weight excluding hydrogens is 174 g/mol. The Morgan fingerprint density at radius 1 is 1.69 bits per heavy atom. The highest BCUT2D eigenvalue weighted by Crippen LogP contribution is 2.06. The van der Waals surface area contributed by atoms with Gasteiger partial charge in [-0.25, -0.2) is 4.79 Å². The summed E-state index contributed by atoms with van der Waals surface area (Å²) in [5, 5.41) is 8.53. The Bertz CT molecular complexity index is 291. The van der Waals surface area contributed by atoms with Crippen LogP contribution >= 0.6 is 0 Å². The van der Waals surface area contributed by atoms with Crippen LogP contribution in [0.25, 0.3) is 0 Å². The molecule has 0 rings (SSSR count). The van der Waals surface area contributed by atoms with Gasteiger partial charge in [-0.1, -0.05) is 0 Å². The summed E-state index contributed by atoms with van der Waals surface area (Å²) in [6.07, 6.45) is -1.27. The van der Waals surface area contributed by atoms with Crippen LogP contribution in [0.2, 0.25) is 1.41 Å². The summed E-state index contributed by atoms with van der Waals surface area (Å²) in [6.45, 7) is 3.69. The van der Waals surface area contributed by atoms with Crippen molar-refractivity contribution in [3.8, 4) is 0 Å². The average Bonchev–Trinajstić information content (AvgIpc) is 2.12. The maximum atomic E-state index is 11.3. The first-order valence-electron chi connectivity index (χ1n) is 5.25. The molecule has 1 unspecified atom stereocenters. The predicted octanol–water partition coefficient (Wildman–Crippen LogP) is 0.984. The van der Waals surface area contributed by atoms with Crippen LogP contribution in [0.5, 0.6) is 0 Å². The van der Waals surface area contributed by atoms with Gasteiger partial charge in [-0.15, -0.1) is 0 Å². The summed E-state index contributed by atoms with van der Waals surface area (Å²) in [5.41, 5.74) is -0.891. The molecule has 2 N–H and O–H groups in total. The standard InChI is InChI=1S/C8H15NO4/c1-5(6(10)11)9-7(12)13-8(2,3)4/h5H,1-4H3,(H,9,12)(H,10,11)/i1D,5D/hD. The zero-order valence-electron chi connectivity index (χ0n) is 10.8. The molecule has 0 aliphatic carbocycles. The third-order valence-corrected chi connectivity index (χ3v) is 0.867. The van der Waals surface area contributed by atoms with Crippen molar-refractivity contribution >= 4 is 12.1 Å². The van der Waals surface area contributed by atoms with Gasteiger partial charge in [-0.2, -0.15) is 0 Å². The molecule has 5 heteroatoms. The predicted molar refractivity (Wildman–Crippen MR) is 46.5 cm³/mol. The molecule has 0 aromatic carbocycles. The first-order valence-corrected chi connectivity index (χ1v) is 3.59. The van der Waals surface area contributed by atoms with Crippen molar-refractivity contribution < 1.29 is 23.6 Å². The molecule has 0 aliphatic rings. The molecule has 13 heavy (non-hydrogen) atoms. The van der Waals surface area contributed by atoms with Crippen molar-refractivity contribution in [2.75, 3.05) is 0 Å². The maximum absolute atomic E-state index is 11.3. The van der Waals surface area contributed by atoms with Crippen molar-refractivity contribution in [3.05, 3.63) is 0 Å².